The van der Waals surface area contributed by atoms with E-state index in [0.717, 1.165) is 24.0 Å². The zero-order valence-electron chi connectivity index (χ0n) is 25.8. The number of rotatable bonds is 16. The maximum absolute atomic E-state index is 12.1. The van der Waals surface area contributed by atoms with E-state index in [-0.39, 0.29) is 39.1 Å². The molecule has 2 aromatic carbocycles. The van der Waals surface area contributed by atoms with E-state index in [9.17, 15) is 19.2 Å². The average molecular weight is 619 g/mol. The van der Waals surface area contributed by atoms with Crippen molar-refractivity contribution in [2.24, 2.45) is 0 Å². The van der Waals surface area contributed by atoms with Gasteiger partial charge in [-0.1, -0.05) is 25.5 Å². The summed E-state index contributed by atoms with van der Waals surface area (Å²) in [6, 6.07) is 10.1. The lowest BCUT2D eigenvalue weighted by Gasteiger charge is -2.15. The first-order valence-corrected chi connectivity index (χ1v) is 14.2. The minimum atomic E-state index is -0.672. The summed E-state index contributed by atoms with van der Waals surface area (Å²) in [6.45, 7) is 8.30. The molecule has 0 radical (unpaired) electrons. The van der Waals surface area contributed by atoms with Gasteiger partial charge in [0.25, 0.3) is 0 Å². The minimum absolute atomic E-state index is 0.00882. The molecule has 0 bridgehead atoms. The van der Waals surface area contributed by atoms with E-state index in [1.165, 1.54) is 7.11 Å². The van der Waals surface area contributed by atoms with Gasteiger partial charge in [-0.05, 0) is 62.6 Å². The van der Waals surface area contributed by atoms with E-state index in [4.69, 9.17) is 23.7 Å². The summed E-state index contributed by atoms with van der Waals surface area (Å²) in [5, 5.41) is 10.4. The first kappa shape index (κ1) is 35.6. The van der Waals surface area contributed by atoms with Gasteiger partial charge in [-0.15, -0.1) is 0 Å². The molecule has 44 heavy (non-hydrogen) atoms. The van der Waals surface area contributed by atoms with Gasteiger partial charge in [0.2, 0.25) is 0 Å². The van der Waals surface area contributed by atoms with Crippen molar-refractivity contribution in [3.63, 3.8) is 0 Å². The molecule has 1 atom stereocenters. The third-order valence-corrected chi connectivity index (χ3v) is 5.89. The molecule has 14 nitrogen and oxygen atoms in total. The Labute approximate surface area is 257 Å². The predicted molar refractivity (Wildman–Crippen MR) is 164 cm³/mol. The summed E-state index contributed by atoms with van der Waals surface area (Å²) in [5.41, 5.74) is 3.48. The van der Waals surface area contributed by atoms with Crippen molar-refractivity contribution in [2.75, 3.05) is 68.0 Å². The van der Waals surface area contributed by atoms with Crippen LogP contribution in [-0.2, 0) is 28.4 Å². The van der Waals surface area contributed by atoms with Crippen molar-refractivity contribution in [1.82, 2.24) is 0 Å². The highest BCUT2D eigenvalue weighted by atomic mass is 16.6. The second-order valence-electron chi connectivity index (χ2n) is 9.57. The molecule has 0 aromatic heterocycles. The molecule has 0 aliphatic rings. The molecule has 0 heterocycles. The molecule has 2 rings (SSSR count). The Balaban J connectivity index is 1.59. The Morgan fingerprint density at radius 1 is 0.682 bits per heavy atom. The predicted octanol–water partition coefficient (Wildman–Crippen LogP) is 6.05. The number of amides is 4. The maximum atomic E-state index is 12.1. The smallest absolute Gasteiger partial charge is 0.411 e. The van der Waals surface area contributed by atoms with Gasteiger partial charge in [-0.2, -0.15) is 0 Å². The minimum Gasteiger partial charge on any atom is -0.453 e. The number of ether oxygens (including phenoxy) is 6. The molecule has 14 heteroatoms. The van der Waals surface area contributed by atoms with E-state index in [0.29, 0.717) is 29.4 Å². The highest BCUT2D eigenvalue weighted by Crippen LogP contribution is 2.22. The van der Waals surface area contributed by atoms with Crippen LogP contribution in [0.5, 0.6) is 0 Å². The largest absolute Gasteiger partial charge is 0.453 e. The topological polar surface area (TPSA) is 172 Å². The van der Waals surface area contributed by atoms with E-state index >= 15 is 0 Å². The van der Waals surface area contributed by atoms with Gasteiger partial charge in [0.1, 0.15) is 13.2 Å². The highest BCUT2D eigenvalue weighted by Gasteiger charge is 2.11. The van der Waals surface area contributed by atoms with Crippen LogP contribution in [0.15, 0.2) is 36.4 Å². The first-order chi connectivity index (χ1) is 21.1. The lowest BCUT2D eigenvalue weighted by atomic mass is 10.2. The van der Waals surface area contributed by atoms with Crippen LogP contribution in [-0.4, -0.2) is 77.2 Å². The van der Waals surface area contributed by atoms with Crippen molar-refractivity contribution >= 4 is 47.1 Å². The van der Waals surface area contributed by atoms with Crippen molar-refractivity contribution in [3.05, 3.63) is 47.5 Å². The summed E-state index contributed by atoms with van der Waals surface area (Å²) < 4.78 is 31.0. The molecule has 4 N–H and O–H groups in total. The molecule has 242 valence electrons. The fourth-order valence-electron chi connectivity index (χ4n) is 3.47. The Hall–Kier alpha value is -4.56. The van der Waals surface area contributed by atoms with Crippen LogP contribution >= 0.6 is 0 Å². The molecular formula is C30H42N4O10. The number of unbranched alkanes of at least 4 members (excludes halogenated alkanes) is 1. The van der Waals surface area contributed by atoms with E-state index in [1.54, 1.807) is 50.2 Å². The van der Waals surface area contributed by atoms with E-state index < -0.39 is 24.4 Å². The SMILES string of the molecule is CCCCOC(=O)Nc1cc(NC(=O)OCCOCC(C)OCCOC(=O)Nc2cc(NC(=O)OC)ccc2C)ccc1C. The standard InChI is InChI=1S/C30H42N4O10/c1-6-7-12-42-29(37)33-26-18-24(11-9-21(26)3)32-28(36)43-14-13-40-19-22(4)41-15-16-44-30(38)34-25-17-23(10-8-20(25)2)31-27(35)39-5/h8-11,17-18,22H,6-7,12-16,19H2,1-5H3,(H,31,35)(H,32,36)(H,33,37)(H,34,38). The van der Waals surface area contributed by atoms with Crippen LogP contribution in [0.3, 0.4) is 0 Å². The van der Waals surface area contributed by atoms with Gasteiger partial charge in [0.05, 0.1) is 39.6 Å². The Kier molecular flexibility index (Phi) is 15.9. The van der Waals surface area contributed by atoms with Gasteiger partial charge >= 0.3 is 24.4 Å². The normalized spacial score (nSPS) is 11.1. The molecule has 0 spiro atoms. The molecule has 1 unspecified atom stereocenters. The number of hydrogen-bond acceptors (Lipinski definition) is 10. The maximum Gasteiger partial charge on any atom is 0.411 e. The fraction of sp³-hybridized carbons (Fsp3) is 0.467. The number of aryl methyl sites for hydroxylation is 2. The summed E-state index contributed by atoms with van der Waals surface area (Å²) >= 11 is 0. The summed E-state index contributed by atoms with van der Waals surface area (Å²) in [6.07, 6.45) is -1.13. The van der Waals surface area contributed by atoms with E-state index in [1.807, 2.05) is 13.8 Å². The lowest BCUT2D eigenvalue weighted by Crippen LogP contribution is -2.23. The quantitative estimate of drug-likeness (QED) is 0.128. The number of carbonyl (C=O) groups excluding carboxylic acids is 4. The zero-order chi connectivity index (χ0) is 32.3. The summed E-state index contributed by atoms with van der Waals surface area (Å²) in [4.78, 5) is 47.6. The summed E-state index contributed by atoms with van der Waals surface area (Å²) in [5.74, 6) is 0. The van der Waals surface area contributed by atoms with Crippen molar-refractivity contribution < 1.29 is 47.6 Å². The average Bonchev–Trinajstić information content (AvgIpc) is 2.98. The van der Waals surface area contributed by atoms with Gasteiger partial charge in [-0.25, -0.2) is 19.2 Å². The van der Waals surface area contributed by atoms with Crippen LogP contribution < -0.4 is 21.3 Å². The first-order valence-electron chi connectivity index (χ1n) is 14.2. The second kappa shape index (κ2) is 19.6. The second-order valence-corrected chi connectivity index (χ2v) is 9.57. The zero-order valence-corrected chi connectivity index (χ0v) is 25.8. The molecule has 2 aromatic rings. The van der Waals surface area contributed by atoms with Gasteiger partial charge in [0, 0.05) is 22.7 Å². The van der Waals surface area contributed by atoms with Gasteiger partial charge in [-0.3, -0.25) is 21.3 Å². The third kappa shape index (κ3) is 14.1. The van der Waals surface area contributed by atoms with Crippen molar-refractivity contribution in [3.8, 4) is 0 Å². The van der Waals surface area contributed by atoms with Gasteiger partial charge < -0.3 is 28.4 Å². The van der Waals surface area contributed by atoms with Gasteiger partial charge in [0.15, 0.2) is 0 Å². The van der Waals surface area contributed by atoms with Crippen LogP contribution in [0.2, 0.25) is 0 Å². The van der Waals surface area contributed by atoms with Crippen LogP contribution in [0.1, 0.15) is 37.8 Å². The molecular weight excluding hydrogens is 576 g/mol. The number of carbonyl (C=O) groups is 4. The number of anilines is 4. The summed E-state index contributed by atoms with van der Waals surface area (Å²) in [7, 11) is 1.26. The molecule has 0 fully saturated rings. The van der Waals surface area contributed by atoms with Crippen LogP contribution in [0, 0.1) is 13.8 Å². The number of methoxy groups -OCH3 is 1. The van der Waals surface area contributed by atoms with E-state index in [2.05, 4.69) is 26.0 Å². The number of hydrogen-bond donors (Lipinski definition) is 4. The molecule has 0 aliphatic heterocycles. The molecule has 0 saturated heterocycles. The molecule has 4 amide bonds. The van der Waals surface area contributed by atoms with Crippen LogP contribution in [0.4, 0.5) is 41.9 Å². The molecule has 0 aliphatic carbocycles. The number of nitrogens with one attached hydrogen (secondary N) is 4. The van der Waals surface area contributed by atoms with Crippen LogP contribution in [0.25, 0.3) is 0 Å². The number of benzene rings is 2. The fourth-order valence-corrected chi connectivity index (χ4v) is 3.47. The van der Waals surface area contributed by atoms with Crippen molar-refractivity contribution in [2.45, 2.75) is 46.6 Å². The molecule has 0 saturated carbocycles. The Morgan fingerprint density at radius 2 is 1.18 bits per heavy atom. The Morgan fingerprint density at radius 3 is 1.73 bits per heavy atom. The Bertz CT molecular complexity index is 1240. The monoisotopic (exact) mass is 618 g/mol. The highest BCUT2D eigenvalue weighted by molar-refractivity contribution is 5.90. The lowest BCUT2D eigenvalue weighted by molar-refractivity contribution is -0.0263. The van der Waals surface area contributed by atoms with Crippen molar-refractivity contribution in [1.29, 1.82) is 0 Å². The third-order valence-electron chi connectivity index (χ3n) is 5.89.